The highest BCUT2D eigenvalue weighted by atomic mass is 16.5. The van der Waals surface area contributed by atoms with Crippen LogP contribution in [0.2, 0.25) is 0 Å². The van der Waals surface area contributed by atoms with Crippen molar-refractivity contribution in [1.29, 1.82) is 0 Å². The second-order valence-corrected chi connectivity index (χ2v) is 3.02. The number of aliphatic hydroxyl groups is 1. The van der Waals surface area contributed by atoms with E-state index in [1.807, 2.05) is 18.2 Å². The molecule has 0 amide bonds. The van der Waals surface area contributed by atoms with Gasteiger partial charge in [-0.1, -0.05) is 12.1 Å². The molecule has 1 atom stereocenters. The summed E-state index contributed by atoms with van der Waals surface area (Å²) < 4.78 is 10.6. The number of ether oxygens (including phenoxy) is 2. The van der Waals surface area contributed by atoms with Gasteiger partial charge in [-0.15, -0.1) is 0 Å². The van der Waals surface area contributed by atoms with Gasteiger partial charge in [0.25, 0.3) is 0 Å². The highest BCUT2D eigenvalue weighted by Gasteiger charge is 2.25. The Hall–Kier alpha value is -1.06. The fourth-order valence-corrected chi connectivity index (χ4v) is 1.68. The van der Waals surface area contributed by atoms with E-state index in [4.69, 9.17) is 14.6 Å². The monoisotopic (exact) mass is 180 g/mol. The molecule has 0 aromatic heterocycles. The summed E-state index contributed by atoms with van der Waals surface area (Å²) in [6.45, 7) is 0.575. The molecular weight excluding hydrogens is 168 g/mol. The van der Waals surface area contributed by atoms with Crippen molar-refractivity contribution in [2.24, 2.45) is 0 Å². The van der Waals surface area contributed by atoms with Crippen molar-refractivity contribution in [3.8, 4) is 5.75 Å². The lowest BCUT2D eigenvalue weighted by atomic mass is 10.0. The lowest BCUT2D eigenvalue weighted by Gasteiger charge is -2.10. The number of hydrogen-bond donors (Lipinski definition) is 1. The van der Waals surface area contributed by atoms with E-state index < -0.39 is 0 Å². The predicted octanol–water partition coefficient (Wildman–Crippen LogP) is 1.26. The summed E-state index contributed by atoms with van der Waals surface area (Å²) in [6.07, 6.45) is -0.217. The van der Waals surface area contributed by atoms with Gasteiger partial charge in [-0.25, -0.2) is 0 Å². The molecule has 70 valence electrons. The van der Waals surface area contributed by atoms with Crippen LogP contribution in [0.15, 0.2) is 18.2 Å². The second-order valence-electron chi connectivity index (χ2n) is 3.02. The minimum absolute atomic E-state index is 0.00731. The maximum absolute atomic E-state index is 9.05. The smallest absolute Gasteiger partial charge is 0.125 e. The highest BCUT2D eigenvalue weighted by molar-refractivity contribution is 5.43. The van der Waals surface area contributed by atoms with Crippen LogP contribution in [0.4, 0.5) is 0 Å². The lowest BCUT2D eigenvalue weighted by molar-refractivity contribution is 0.0225. The number of benzene rings is 1. The summed E-state index contributed by atoms with van der Waals surface area (Å²) in [6, 6.07) is 5.81. The first-order valence-electron chi connectivity index (χ1n) is 4.25. The van der Waals surface area contributed by atoms with E-state index in [-0.39, 0.29) is 12.7 Å². The van der Waals surface area contributed by atoms with Crippen LogP contribution >= 0.6 is 0 Å². The molecule has 0 aliphatic carbocycles. The van der Waals surface area contributed by atoms with Gasteiger partial charge in [-0.2, -0.15) is 0 Å². The van der Waals surface area contributed by atoms with Crippen LogP contribution in [-0.2, 0) is 11.3 Å². The quantitative estimate of drug-likeness (QED) is 0.744. The zero-order valence-electron chi connectivity index (χ0n) is 7.49. The van der Waals surface area contributed by atoms with Gasteiger partial charge in [-0.3, -0.25) is 0 Å². The molecule has 0 saturated carbocycles. The van der Waals surface area contributed by atoms with E-state index in [9.17, 15) is 0 Å². The Kier molecular flexibility index (Phi) is 2.20. The Bertz CT molecular complexity index is 309. The van der Waals surface area contributed by atoms with Crippen LogP contribution in [0.5, 0.6) is 5.75 Å². The Morgan fingerprint density at radius 2 is 2.46 bits per heavy atom. The molecular formula is C10H12O3. The molecule has 1 heterocycles. The van der Waals surface area contributed by atoms with Gasteiger partial charge < -0.3 is 14.6 Å². The van der Waals surface area contributed by atoms with E-state index in [0.29, 0.717) is 6.61 Å². The first-order valence-corrected chi connectivity index (χ1v) is 4.25. The molecule has 1 aliphatic heterocycles. The topological polar surface area (TPSA) is 38.7 Å². The summed E-state index contributed by atoms with van der Waals surface area (Å²) in [5.41, 5.74) is 2.10. The zero-order valence-corrected chi connectivity index (χ0v) is 7.49. The van der Waals surface area contributed by atoms with Gasteiger partial charge in [0.05, 0.1) is 20.3 Å². The summed E-state index contributed by atoms with van der Waals surface area (Å²) in [4.78, 5) is 0. The number of hydrogen-bond acceptors (Lipinski definition) is 3. The maximum atomic E-state index is 9.05. The molecule has 1 aromatic carbocycles. The van der Waals surface area contributed by atoms with Gasteiger partial charge in [-0.05, 0) is 11.6 Å². The molecule has 1 aromatic rings. The zero-order chi connectivity index (χ0) is 9.26. The predicted molar refractivity (Wildman–Crippen MR) is 47.6 cm³/mol. The van der Waals surface area contributed by atoms with Crippen molar-refractivity contribution in [1.82, 2.24) is 0 Å². The van der Waals surface area contributed by atoms with E-state index in [1.165, 1.54) is 0 Å². The van der Waals surface area contributed by atoms with Gasteiger partial charge in [0, 0.05) is 5.56 Å². The molecule has 1 unspecified atom stereocenters. The molecule has 3 heteroatoms. The van der Waals surface area contributed by atoms with Crippen LogP contribution in [0.3, 0.4) is 0 Å². The second kappa shape index (κ2) is 3.36. The Labute approximate surface area is 76.9 Å². The van der Waals surface area contributed by atoms with E-state index in [2.05, 4.69) is 0 Å². The average Bonchev–Trinajstić information content (AvgIpc) is 2.60. The van der Waals surface area contributed by atoms with Crippen molar-refractivity contribution in [3.63, 3.8) is 0 Å². The third-order valence-corrected chi connectivity index (χ3v) is 2.30. The SMILES string of the molecule is COc1cccc2c1C(CO)OC2. The Balaban J connectivity index is 2.46. The lowest BCUT2D eigenvalue weighted by Crippen LogP contribution is -2.03. The minimum atomic E-state index is -0.217. The third kappa shape index (κ3) is 1.30. The summed E-state index contributed by atoms with van der Waals surface area (Å²) in [5, 5.41) is 9.05. The molecule has 0 fully saturated rings. The summed E-state index contributed by atoms with van der Waals surface area (Å²) in [7, 11) is 1.63. The minimum Gasteiger partial charge on any atom is -0.496 e. The fourth-order valence-electron chi connectivity index (χ4n) is 1.68. The summed E-state index contributed by atoms with van der Waals surface area (Å²) in [5.74, 6) is 0.800. The normalized spacial score (nSPS) is 20.0. The molecule has 3 nitrogen and oxygen atoms in total. The molecule has 13 heavy (non-hydrogen) atoms. The van der Waals surface area contributed by atoms with Crippen molar-refractivity contribution < 1.29 is 14.6 Å². The molecule has 2 rings (SSSR count). The van der Waals surface area contributed by atoms with E-state index >= 15 is 0 Å². The Morgan fingerprint density at radius 3 is 3.15 bits per heavy atom. The van der Waals surface area contributed by atoms with Crippen molar-refractivity contribution >= 4 is 0 Å². The summed E-state index contributed by atoms with van der Waals surface area (Å²) >= 11 is 0. The van der Waals surface area contributed by atoms with Crippen molar-refractivity contribution in [3.05, 3.63) is 29.3 Å². The van der Waals surface area contributed by atoms with Crippen LogP contribution in [0.1, 0.15) is 17.2 Å². The largest absolute Gasteiger partial charge is 0.496 e. The molecule has 1 N–H and O–H groups in total. The van der Waals surface area contributed by atoms with Gasteiger partial charge in [0.1, 0.15) is 11.9 Å². The van der Waals surface area contributed by atoms with Crippen molar-refractivity contribution in [2.75, 3.05) is 13.7 Å². The average molecular weight is 180 g/mol. The number of methoxy groups -OCH3 is 1. The standard InChI is InChI=1S/C10H12O3/c1-12-8-4-2-3-7-6-13-9(5-11)10(7)8/h2-4,9,11H,5-6H2,1H3. The van der Waals surface area contributed by atoms with Crippen LogP contribution in [0, 0.1) is 0 Å². The molecule has 0 saturated heterocycles. The van der Waals surface area contributed by atoms with Crippen LogP contribution < -0.4 is 4.74 Å². The maximum Gasteiger partial charge on any atom is 0.125 e. The van der Waals surface area contributed by atoms with E-state index in [1.54, 1.807) is 7.11 Å². The third-order valence-electron chi connectivity index (χ3n) is 2.30. The molecule has 0 radical (unpaired) electrons. The molecule has 1 aliphatic rings. The van der Waals surface area contributed by atoms with Gasteiger partial charge >= 0.3 is 0 Å². The number of rotatable bonds is 2. The molecule has 0 spiro atoms. The highest BCUT2D eigenvalue weighted by Crippen LogP contribution is 2.36. The first-order chi connectivity index (χ1) is 6.36. The fraction of sp³-hybridized carbons (Fsp3) is 0.400. The van der Waals surface area contributed by atoms with E-state index in [0.717, 1.165) is 16.9 Å². The van der Waals surface area contributed by atoms with Crippen LogP contribution in [0.25, 0.3) is 0 Å². The first kappa shape index (κ1) is 8.53. The van der Waals surface area contributed by atoms with Gasteiger partial charge in [0.2, 0.25) is 0 Å². The Morgan fingerprint density at radius 1 is 1.62 bits per heavy atom. The number of fused-ring (bicyclic) bond motifs is 1. The van der Waals surface area contributed by atoms with Crippen molar-refractivity contribution in [2.45, 2.75) is 12.7 Å². The van der Waals surface area contributed by atoms with Gasteiger partial charge in [0.15, 0.2) is 0 Å². The van der Waals surface area contributed by atoms with Crippen LogP contribution in [-0.4, -0.2) is 18.8 Å². The number of aliphatic hydroxyl groups excluding tert-OH is 1. The molecule has 0 bridgehead atoms.